The molecule has 1 saturated heterocycles. The molecule has 0 aliphatic carbocycles. The van der Waals surface area contributed by atoms with Crippen molar-refractivity contribution >= 4 is 29.4 Å². The molecule has 1 atom stereocenters. The number of thiophene rings is 1. The minimum Gasteiger partial charge on any atom is -0.369 e. The van der Waals surface area contributed by atoms with Crippen LogP contribution in [0.1, 0.15) is 6.42 Å². The van der Waals surface area contributed by atoms with Crippen LogP contribution in [0.3, 0.4) is 0 Å². The Kier molecular flexibility index (Phi) is 3.38. The van der Waals surface area contributed by atoms with Crippen LogP contribution in [0.15, 0.2) is 16.8 Å². The molecule has 0 bridgehead atoms. The van der Waals surface area contributed by atoms with Gasteiger partial charge in [-0.15, -0.1) is 12.4 Å². The van der Waals surface area contributed by atoms with Crippen LogP contribution >= 0.6 is 23.7 Å². The van der Waals surface area contributed by atoms with E-state index < -0.39 is 0 Å². The van der Waals surface area contributed by atoms with Crippen LogP contribution in [-0.2, 0) is 0 Å². The monoisotopic (exact) mass is 204 g/mol. The minimum atomic E-state index is 0. The molecule has 1 aromatic heterocycles. The van der Waals surface area contributed by atoms with E-state index in [0.29, 0.717) is 6.04 Å². The van der Waals surface area contributed by atoms with Gasteiger partial charge in [0.15, 0.2) is 0 Å². The third kappa shape index (κ3) is 1.91. The van der Waals surface area contributed by atoms with Crippen LogP contribution in [0, 0.1) is 0 Å². The fourth-order valence-electron chi connectivity index (χ4n) is 1.46. The Balaban J connectivity index is 0.000000720. The maximum absolute atomic E-state index is 5.79. The molecule has 2 heterocycles. The van der Waals surface area contributed by atoms with Gasteiger partial charge in [0.25, 0.3) is 0 Å². The fraction of sp³-hybridized carbons (Fsp3) is 0.500. The van der Waals surface area contributed by atoms with Crippen molar-refractivity contribution in [3.8, 4) is 0 Å². The molecule has 0 aromatic carbocycles. The number of nitrogens with zero attached hydrogens (tertiary/aromatic N) is 1. The lowest BCUT2D eigenvalue weighted by Gasteiger charge is -2.14. The highest BCUT2D eigenvalue weighted by Crippen LogP contribution is 2.21. The summed E-state index contributed by atoms with van der Waals surface area (Å²) in [5.41, 5.74) is 7.13. The van der Waals surface area contributed by atoms with E-state index in [1.807, 2.05) is 0 Å². The Morgan fingerprint density at radius 1 is 1.58 bits per heavy atom. The van der Waals surface area contributed by atoms with Gasteiger partial charge in [-0.05, 0) is 17.9 Å². The van der Waals surface area contributed by atoms with Crippen molar-refractivity contribution in [2.45, 2.75) is 12.5 Å². The molecule has 2 nitrogen and oxygen atoms in total. The molecule has 2 N–H and O–H groups in total. The first-order chi connectivity index (χ1) is 5.36. The highest BCUT2D eigenvalue weighted by atomic mass is 35.5. The fourth-order valence-corrected chi connectivity index (χ4v) is 2.12. The molecule has 12 heavy (non-hydrogen) atoms. The second-order valence-corrected chi connectivity index (χ2v) is 3.76. The Bertz CT molecular complexity index is 225. The topological polar surface area (TPSA) is 29.3 Å². The molecule has 4 heteroatoms. The van der Waals surface area contributed by atoms with Crippen molar-refractivity contribution in [1.29, 1.82) is 0 Å². The number of rotatable bonds is 1. The smallest absolute Gasteiger partial charge is 0.0475 e. The molecular weight excluding hydrogens is 192 g/mol. The highest BCUT2D eigenvalue weighted by Gasteiger charge is 2.18. The summed E-state index contributed by atoms with van der Waals surface area (Å²) in [5, 5.41) is 4.29. The van der Waals surface area contributed by atoms with Gasteiger partial charge in [0, 0.05) is 30.2 Å². The van der Waals surface area contributed by atoms with Crippen LogP contribution in [0.5, 0.6) is 0 Å². The molecule has 1 aromatic rings. The summed E-state index contributed by atoms with van der Waals surface area (Å²) in [4.78, 5) is 2.35. The van der Waals surface area contributed by atoms with Crippen LogP contribution < -0.4 is 10.6 Å². The van der Waals surface area contributed by atoms with Crippen LogP contribution in [0.2, 0.25) is 0 Å². The number of hydrogen-bond donors (Lipinski definition) is 1. The van der Waals surface area contributed by atoms with Crippen LogP contribution in [0.4, 0.5) is 5.69 Å². The predicted octanol–water partition coefficient (Wildman–Crippen LogP) is 1.71. The van der Waals surface area contributed by atoms with Gasteiger partial charge in [0.05, 0.1) is 0 Å². The Labute approximate surface area is 82.8 Å². The first kappa shape index (κ1) is 9.84. The van der Waals surface area contributed by atoms with E-state index in [1.54, 1.807) is 11.3 Å². The summed E-state index contributed by atoms with van der Waals surface area (Å²) in [6, 6.07) is 2.54. The van der Waals surface area contributed by atoms with E-state index in [1.165, 1.54) is 5.69 Å². The lowest BCUT2D eigenvalue weighted by atomic mass is 10.3. The second kappa shape index (κ2) is 4.12. The zero-order chi connectivity index (χ0) is 7.68. The van der Waals surface area contributed by atoms with Crippen molar-refractivity contribution in [3.63, 3.8) is 0 Å². The van der Waals surface area contributed by atoms with Gasteiger partial charge in [0.2, 0.25) is 0 Å². The molecule has 1 unspecified atom stereocenters. The first-order valence-corrected chi connectivity index (χ1v) is 4.83. The quantitative estimate of drug-likeness (QED) is 0.755. The molecule has 0 spiro atoms. The number of halogens is 1. The Hall–Kier alpha value is -0.250. The largest absolute Gasteiger partial charge is 0.369 e. The lowest BCUT2D eigenvalue weighted by Crippen LogP contribution is -2.25. The summed E-state index contributed by atoms with van der Waals surface area (Å²) in [6.07, 6.45) is 1.13. The molecule has 1 aliphatic rings. The molecule has 0 amide bonds. The van der Waals surface area contributed by atoms with Gasteiger partial charge in [-0.1, -0.05) is 0 Å². The van der Waals surface area contributed by atoms with Gasteiger partial charge in [-0.25, -0.2) is 0 Å². The second-order valence-electron chi connectivity index (χ2n) is 2.98. The van der Waals surface area contributed by atoms with Crippen LogP contribution in [-0.4, -0.2) is 19.1 Å². The van der Waals surface area contributed by atoms with Crippen molar-refractivity contribution < 1.29 is 0 Å². The van der Waals surface area contributed by atoms with E-state index in [9.17, 15) is 0 Å². The summed E-state index contributed by atoms with van der Waals surface area (Å²) in [6.45, 7) is 2.15. The normalized spacial score (nSPS) is 22.4. The summed E-state index contributed by atoms with van der Waals surface area (Å²) in [5.74, 6) is 0. The maximum Gasteiger partial charge on any atom is 0.0475 e. The molecule has 68 valence electrons. The van der Waals surface area contributed by atoms with Crippen molar-refractivity contribution in [3.05, 3.63) is 16.8 Å². The summed E-state index contributed by atoms with van der Waals surface area (Å²) >= 11 is 1.75. The molecule has 1 aliphatic heterocycles. The zero-order valence-corrected chi connectivity index (χ0v) is 8.40. The predicted molar refractivity (Wildman–Crippen MR) is 56.4 cm³/mol. The van der Waals surface area contributed by atoms with E-state index in [0.717, 1.165) is 19.5 Å². The Morgan fingerprint density at radius 2 is 2.42 bits per heavy atom. The van der Waals surface area contributed by atoms with E-state index >= 15 is 0 Å². The summed E-state index contributed by atoms with van der Waals surface area (Å²) in [7, 11) is 0. The minimum absolute atomic E-state index is 0. The number of nitrogens with two attached hydrogens (primary N) is 1. The third-order valence-corrected chi connectivity index (χ3v) is 2.77. The van der Waals surface area contributed by atoms with Gasteiger partial charge in [-0.2, -0.15) is 11.3 Å². The SMILES string of the molecule is Cl.NC1CCN(c2ccsc2)C1. The zero-order valence-electron chi connectivity index (χ0n) is 6.77. The Morgan fingerprint density at radius 3 is 2.92 bits per heavy atom. The molecule has 2 rings (SSSR count). The molecule has 0 saturated carbocycles. The van der Waals surface area contributed by atoms with Crippen molar-refractivity contribution in [2.75, 3.05) is 18.0 Å². The highest BCUT2D eigenvalue weighted by molar-refractivity contribution is 7.08. The van der Waals surface area contributed by atoms with Crippen LogP contribution in [0.25, 0.3) is 0 Å². The number of hydrogen-bond acceptors (Lipinski definition) is 3. The molecule has 1 fully saturated rings. The first-order valence-electron chi connectivity index (χ1n) is 3.89. The molecular formula is C8H13ClN2S. The van der Waals surface area contributed by atoms with Gasteiger partial charge in [0.1, 0.15) is 0 Å². The van der Waals surface area contributed by atoms with E-state index in [-0.39, 0.29) is 12.4 Å². The summed E-state index contributed by atoms with van der Waals surface area (Å²) < 4.78 is 0. The van der Waals surface area contributed by atoms with Gasteiger partial charge < -0.3 is 10.6 Å². The van der Waals surface area contributed by atoms with E-state index in [4.69, 9.17) is 5.73 Å². The lowest BCUT2D eigenvalue weighted by molar-refractivity contribution is 0.752. The maximum atomic E-state index is 5.79. The standard InChI is InChI=1S/C8H12N2S.ClH/c9-7-1-3-10(5-7)8-2-4-11-6-8;/h2,4,6-7H,1,3,5,9H2;1H. The van der Waals surface area contributed by atoms with Gasteiger partial charge >= 0.3 is 0 Å². The van der Waals surface area contributed by atoms with Gasteiger partial charge in [-0.3, -0.25) is 0 Å². The number of anilines is 1. The molecule has 0 radical (unpaired) electrons. The van der Waals surface area contributed by atoms with Crippen molar-refractivity contribution in [1.82, 2.24) is 0 Å². The third-order valence-electron chi connectivity index (χ3n) is 2.10. The van der Waals surface area contributed by atoms with Crippen molar-refractivity contribution in [2.24, 2.45) is 5.73 Å². The average Bonchev–Trinajstić information content (AvgIpc) is 2.55. The average molecular weight is 205 g/mol. The van der Waals surface area contributed by atoms with E-state index in [2.05, 4.69) is 21.7 Å².